The van der Waals surface area contributed by atoms with Crippen LogP contribution in [0.15, 0.2) is 121 Å². The Balaban J connectivity index is 1.18. The van der Waals surface area contributed by atoms with Gasteiger partial charge in [0.05, 0.1) is 0 Å². The minimum absolute atomic E-state index is 0.00988. The summed E-state index contributed by atoms with van der Waals surface area (Å²) in [5.41, 5.74) is 6.05. The molecule has 0 amide bonds. The van der Waals surface area contributed by atoms with Gasteiger partial charge in [-0.15, -0.1) is 0 Å². The summed E-state index contributed by atoms with van der Waals surface area (Å²) in [6.07, 6.45) is 13.1. The maximum Gasteiger partial charge on any atom is 0.115 e. The highest BCUT2D eigenvalue weighted by Gasteiger charge is 2.77. The Kier molecular flexibility index (Phi) is 6.63. The maximum atomic E-state index is 10.6. The van der Waals surface area contributed by atoms with Gasteiger partial charge in [-0.2, -0.15) is 0 Å². The Hall–Kier alpha value is -4.90. The molecule has 5 nitrogen and oxygen atoms in total. The van der Waals surface area contributed by atoms with Crippen LogP contribution in [0, 0.1) is 16.7 Å². The fraction of sp³-hybridized carbons (Fsp3) is 0.400. The second-order valence-corrected chi connectivity index (χ2v) is 19.8. The summed E-state index contributed by atoms with van der Waals surface area (Å²) >= 11 is 0. The minimum Gasteiger partial charge on any atom is -0.508 e. The van der Waals surface area contributed by atoms with E-state index in [-0.39, 0.29) is 55.2 Å². The van der Waals surface area contributed by atoms with Crippen LogP contribution in [-0.2, 0) is 27.1 Å². The zero-order valence-electron chi connectivity index (χ0n) is 31.3. The molecule has 0 heterocycles. The van der Waals surface area contributed by atoms with Gasteiger partial charge < -0.3 is 25.5 Å². The third-order valence-corrected chi connectivity index (χ3v) is 16.7. The largest absolute Gasteiger partial charge is 0.508 e. The average molecular weight is 731 g/mol. The monoisotopic (exact) mass is 730 g/mol. The molecule has 8 bridgehead atoms. The van der Waals surface area contributed by atoms with Gasteiger partial charge in [-0.25, -0.2) is 0 Å². The summed E-state index contributed by atoms with van der Waals surface area (Å²) in [5.74, 6) is 2.03. The van der Waals surface area contributed by atoms with Crippen LogP contribution in [0.4, 0.5) is 0 Å². The topological polar surface area (TPSA) is 101 Å². The van der Waals surface area contributed by atoms with Crippen molar-refractivity contribution in [3.05, 3.63) is 149 Å². The summed E-state index contributed by atoms with van der Waals surface area (Å²) in [4.78, 5) is 0. The second-order valence-electron chi connectivity index (χ2n) is 19.8. The molecule has 8 fully saturated rings. The molecule has 280 valence electrons. The second kappa shape index (κ2) is 10.9. The number of aromatic hydroxyl groups is 5. The number of rotatable bonds is 6. The molecule has 5 N–H and O–H groups in total. The van der Waals surface area contributed by atoms with E-state index in [9.17, 15) is 25.5 Å². The lowest BCUT2D eigenvalue weighted by atomic mass is 9.24. The smallest absolute Gasteiger partial charge is 0.115 e. The molecular weight excluding hydrogens is 681 g/mol. The van der Waals surface area contributed by atoms with Crippen LogP contribution >= 0.6 is 0 Å². The first-order valence-electron chi connectivity index (χ1n) is 20.4. The molecule has 2 atom stereocenters. The van der Waals surface area contributed by atoms with Crippen LogP contribution < -0.4 is 0 Å². The van der Waals surface area contributed by atoms with Crippen LogP contribution in [0.2, 0.25) is 0 Å². The van der Waals surface area contributed by atoms with E-state index in [0.29, 0.717) is 17.4 Å². The molecule has 2 unspecified atom stereocenters. The van der Waals surface area contributed by atoms with Crippen molar-refractivity contribution >= 4 is 0 Å². The van der Waals surface area contributed by atoms with Crippen LogP contribution in [0.3, 0.4) is 0 Å². The van der Waals surface area contributed by atoms with E-state index in [1.807, 2.05) is 60.7 Å². The molecule has 55 heavy (non-hydrogen) atoms. The number of hydrogen-bond acceptors (Lipinski definition) is 5. The van der Waals surface area contributed by atoms with Crippen molar-refractivity contribution in [1.82, 2.24) is 0 Å². The third-order valence-electron chi connectivity index (χ3n) is 16.7. The summed E-state index contributed by atoms with van der Waals surface area (Å²) in [6, 6.07) is 40.8. The van der Waals surface area contributed by atoms with Crippen LogP contribution in [0.5, 0.6) is 28.7 Å². The van der Waals surface area contributed by atoms with Crippen LogP contribution in [-0.4, -0.2) is 25.5 Å². The molecule has 0 saturated heterocycles. The molecule has 0 radical (unpaired) electrons. The summed E-state index contributed by atoms with van der Waals surface area (Å²) in [7, 11) is 0. The van der Waals surface area contributed by atoms with Gasteiger partial charge in [0.2, 0.25) is 0 Å². The SMILES string of the molecule is Oc1ccc(C23CC4CC(c5ccc(O)cc5)(C2)CC(C25CC6(c7ccc(O)cc7)CC(c7ccc(O)cc7)(CC(c7ccc(O)cc7)(C6)C2)C5)(C4)C3)cc1. The minimum atomic E-state index is -0.154. The number of phenolic OH excluding ortho intramolecular Hbond substituents is 5. The van der Waals surface area contributed by atoms with Crippen LogP contribution in [0.1, 0.15) is 105 Å². The Morgan fingerprint density at radius 3 is 0.800 bits per heavy atom. The van der Waals surface area contributed by atoms with Crippen molar-refractivity contribution in [2.24, 2.45) is 16.7 Å². The molecule has 0 aromatic heterocycles. The lowest BCUT2D eigenvalue weighted by Crippen LogP contribution is -2.73. The van der Waals surface area contributed by atoms with E-state index in [1.54, 1.807) is 0 Å². The third kappa shape index (κ3) is 4.65. The van der Waals surface area contributed by atoms with Gasteiger partial charge in [-0.05, 0) is 209 Å². The van der Waals surface area contributed by atoms with E-state index in [4.69, 9.17) is 0 Å². The van der Waals surface area contributed by atoms with Gasteiger partial charge in [-0.1, -0.05) is 60.7 Å². The zero-order chi connectivity index (χ0) is 37.5. The van der Waals surface area contributed by atoms with Crippen LogP contribution in [0.25, 0.3) is 0 Å². The maximum absolute atomic E-state index is 10.6. The summed E-state index contributed by atoms with van der Waals surface area (Å²) in [5, 5.41) is 52.7. The molecular formula is C50H50O5. The van der Waals surface area contributed by atoms with E-state index in [2.05, 4.69) is 60.7 Å². The Labute approximate surface area is 323 Å². The van der Waals surface area contributed by atoms with Crippen molar-refractivity contribution in [2.45, 2.75) is 104 Å². The lowest BCUT2D eigenvalue weighted by Gasteiger charge is -2.79. The average Bonchev–Trinajstić information content (AvgIpc) is 3.15. The molecule has 0 aliphatic heterocycles. The van der Waals surface area contributed by atoms with E-state index in [1.165, 1.54) is 34.2 Å². The lowest BCUT2D eigenvalue weighted by molar-refractivity contribution is -0.231. The van der Waals surface area contributed by atoms with Crippen molar-refractivity contribution in [2.75, 3.05) is 0 Å². The van der Waals surface area contributed by atoms with Crippen molar-refractivity contribution in [3.63, 3.8) is 0 Å². The van der Waals surface area contributed by atoms with Gasteiger partial charge in [-0.3, -0.25) is 0 Å². The highest BCUT2D eigenvalue weighted by Crippen LogP contribution is 2.84. The number of hydrogen-bond donors (Lipinski definition) is 5. The van der Waals surface area contributed by atoms with Gasteiger partial charge in [0.1, 0.15) is 28.7 Å². The molecule has 8 saturated carbocycles. The molecule has 5 aromatic rings. The van der Waals surface area contributed by atoms with Crippen molar-refractivity contribution in [1.29, 1.82) is 0 Å². The number of phenols is 5. The summed E-state index contributed by atoms with van der Waals surface area (Å²) < 4.78 is 0. The fourth-order valence-electron chi connectivity index (χ4n) is 15.9. The molecule has 8 aliphatic carbocycles. The first-order valence-corrected chi connectivity index (χ1v) is 20.4. The first kappa shape index (κ1) is 33.4. The highest BCUT2D eigenvalue weighted by molar-refractivity contribution is 5.50. The Morgan fingerprint density at radius 2 is 0.509 bits per heavy atom. The van der Waals surface area contributed by atoms with E-state index < -0.39 is 0 Å². The first-order chi connectivity index (χ1) is 26.4. The highest BCUT2D eigenvalue weighted by atomic mass is 16.3. The normalized spacial score (nSPS) is 38.0. The standard InChI is InChI=1S/C50H50O5/c51-39-11-1-34(2-12-39)44-21-33-22-45(24-44,35-3-13-40(52)14-4-35)29-49(23-33,28-44)50-30-46(36-5-15-41(53)16-6-36)25-47(31-50,37-7-17-42(54)18-8-37)27-48(26-46,32-50)38-9-19-43(55)20-10-38/h1-20,33,51-55H,21-32H2. The predicted molar refractivity (Wildman–Crippen MR) is 213 cm³/mol. The van der Waals surface area contributed by atoms with Crippen molar-refractivity contribution < 1.29 is 25.5 Å². The Bertz CT molecular complexity index is 2070. The molecule has 5 heteroatoms. The van der Waals surface area contributed by atoms with E-state index in [0.717, 1.165) is 70.6 Å². The number of benzene rings is 5. The van der Waals surface area contributed by atoms with Gasteiger partial charge in [0.25, 0.3) is 0 Å². The van der Waals surface area contributed by atoms with Gasteiger partial charge in [0, 0.05) is 0 Å². The molecule has 13 rings (SSSR count). The molecule has 0 spiro atoms. The fourth-order valence-corrected chi connectivity index (χ4v) is 15.9. The zero-order valence-corrected chi connectivity index (χ0v) is 31.3. The van der Waals surface area contributed by atoms with Gasteiger partial charge >= 0.3 is 0 Å². The van der Waals surface area contributed by atoms with E-state index >= 15 is 0 Å². The summed E-state index contributed by atoms with van der Waals surface area (Å²) in [6.45, 7) is 0. The molecule has 8 aliphatic rings. The van der Waals surface area contributed by atoms with Gasteiger partial charge in [0.15, 0.2) is 0 Å². The predicted octanol–water partition coefficient (Wildman–Crippen LogP) is 10.6. The van der Waals surface area contributed by atoms with Crippen molar-refractivity contribution in [3.8, 4) is 28.7 Å². The molecule has 5 aromatic carbocycles. The quantitative estimate of drug-likeness (QED) is 0.120. The Morgan fingerprint density at radius 1 is 0.273 bits per heavy atom.